The van der Waals surface area contributed by atoms with Crippen molar-refractivity contribution in [3.63, 3.8) is 0 Å². The van der Waals surface area contributed by atoms with Crippen LogP contribution >= 0.6 is 0 Å². The second kappa shape index (κ2) is 13.7. The molecule has 0 unspecified atom stereocenters. The van der Waals surface area contributed by atoms with Crippen LogP contribution in [0.25, 0.3) is 22.5 Å². The van der Waals surface area contributed by atoms with Crippen molar-refractivity contribution in [1.29, 1.82) is 0 Å². The maximum absolute atomic E-state index is 13.9. The average Bonchev–Trinajstić information content (AvgIpc) is 3.41. The van der Waals surface area contributed by atoms with Crippen LogP contribution in [-0.2, 0) is 25.8 Å². The molecule has 8 heteroatoms. The Hall–Kier alpha value is -3.52. The Morgan fingerprint density at radius 2 is 1.55 bits per heavy atom. The standard InChI is InChI=1S/C32H32N4O3.Na/c1-3-5-15-28-27(31(37)36(29(4-2)33-28)21-23-11-7-6-8-12-23)20-22-16-18-24(19-17-22)25-13-9-10-14-26(25)30-34-32(38)39-35-30;/h6-14,16-19H,3-5,15,20-21H2,1-2H3,(H,34,35,38);. The van der Waals surface area contributed by atoms with E-state index in [4.69, 9.17) is 9.51 Å². The number of H-pyrrole nitrogens is 1. The molecule has 199 valence electrons. The van der Waals surface area contributed by atoms with Gasteiger partial charge in [0.15, 0.2) is 5.82 Å². The van der Waals surface area contributed by atoms with Crippen molar-refractivity contribution >= 4 is 29.6 Å². The summed E-state index contributed by atoms with van der Waals surface area (Å²) >= 11 is 0. The van der Waals surface area contributed by atoms with Gasteiger partial charge in [-0.1, -0.05) is 104 Å². The Morgan fingerprint density at radius 3 is 2.20 bits per heavy atom. The molecule has 5 aromatic rings. The maximum Gasteiger partial charge on any atom is 0.439 e. The zero-order valence-electron chi connectivity index (χ0n) is 23.3. The van der Waals surface area contributed by atoms with Crippen LogP contribution in [0.3, 0.4) is 0 Å². The summed E-state index contributed by atoms with van der Waals surface area (Å²) in [6, 6.07) is 26.0. The summed E-state index contributed by atoms with van der Waals surface area (Å²) in [4.78, 5) is 33.1. The van der Waals surface area contributed by atoms with Gasteiger partial charge in [-0.15, -0.1) is 0 Å². The largest absolute Gasteiger partial charge is 0.439 e. The van der Waals surface area contributed by atoms with Crippen molar-refractivity contribution in [2.45, 2.75) is 52.5 Å². The van der Waals surface area contributed by atoms with E-state index in [-0.39, 0.29) is 35.1 Å². The van der Waals surface area contributed by atoms with Gasteiger partial charge in [0.1, 0.15) is 5.82 Å². The summed E-state index contributed by atoms with van der Waals surface area (Å²) in [5.74, 6) is 0.632. The number of benzene rings is 3. The van der Waals surface area contributed by atoms with Crippen molar-refractivity contribution in [2.24, 2.45) is 0 Å². The molecule has 0 aliphatic rings. The molecule has 40 heavy (non-hydrogen) atoms. The van der Waals surface area contributed by atoms with Gasteiger partial charge in [0, 0.05) is 53.5 Å². The maximum atomic E-state index is 13.9. The van der Waals surface area contributed by atoms with Crippen LogP contribution in [0.1, 0.15) is 54.9 Å². The van der Waals surface area contributed by atoms with E-state index in [9.17, 15) is 9.59 Å². The fourth-order valence-corrected chi connectivity index (χ4v) is 4.91. The first-order valence-electron chi connectivity index (χ1n) is 13.5. The minimum atomic E-state index is -0.588. The molecule has 0 aliphatic heterocycles. The third-order valence-corrected chi connectivity index (χ3v) is 6.96. The molecule has 0 atom stereocenters. The fraction of sp³-hybridized carbons (Fsp3) is 0.250. The Balaban J connectivity index is 0.00000370. The summed E-state index contributed by atoms with van der Waals surface area (Å²) in [6.45, 7) is 4.72. The van der Waals surface area contributed by atoms with E-state index in [2.05, 4.69) is 36.1 Å². The number of rotatable bonds is 10. The third kappa shape index (κ3) is 6.61. The molecule has 7 nitrogen and oxygen atoms in total. The first-order valence-corrected chi connectivity index (χ1v) is 13.5. The normalized spacial score (nSPS) is 10.8. The van der Waals surface area contributed by atoms with Gasteiger partial charge in [-0.05, 0) is 35.1 Å². The minimum absolute atomic E-state index is 0. The second-order valence-electron chi connectivity index (χ2n) is 9.65. The molecule has 0 aliphatic carbocycles. The van der Waals surface area contributed by atoms with Crippen LogP contribution in [0.2, 0.25) is 0 Å². The summed E-state index contributed by atoms with van der Waals surface area (Å²) in [6.07, 6.45) is 4.04. The van der Waals surface area contributed by atoms with Gasteiger partial charge in [-0.25, -0.2) is 9.78 Å². The first kappa shape index (κ1) is 29.5. The molecule has 1 N–H and O–H groups in total. The number of nitrogens with zero attached hydrogens (tertiary/aromatic N) is 3. The van der Waals surface area contributed by atoms with Gasteiger partial charge >= 0.3 is 5.76 Å². The fourth-order valence-electron chi connectivity index (χ4n) is 4.91. The average molecular weight is 544 g/mol. The van der Waals surface area contributed by atoms with E-state index in [1.165, 1.54) is 0 Å². The molecule has 0 fully saturated rings. The summed E-state index contributed by atoms with van der Waals surface area (Å²) in [5.41, 5.74) is 6.53. The number of aromatic nitrogens is 4. The van der Waals surface area contributed by atoms with Crippen LogP contribution in [0.4, 0.5) is 0 Å². The SMILES string of the molecule is CCCCc1nc(CC)n(Cc2ccccc2)c(=O)c1Cc1ccc(-c2ccccc2-c2noc(=O)[nH]2)cc1.[Na]. The van der Waals surface area contributed by atoms with Gasteiger partial charge in [0.05, 0.1) is 12.2 Å². The van der Waals surface area contributed by atoms with Crippen molar-refractivity contribution in [3.8, 4) is 22.5 Å². The van der Waals surface area contributed by atoms with E-state index in [1.807, 2.05) is 71.3 Å². The first-order chi connectivity index (χ1) is 19.1. The molecule has 5 rings (SSSR count). The van der Waals surface area contributed by atoms with Crippen LogP contribution in [0, 0.1) is 0 Å². The summed E-state index contributed by atoms with van der Waals surface area (Å²) < 4.78 is 6.55. The molecule has 0 spiro atoms. The number of hydrogen-bond donors (Lipinski definition) is 1. The van der Waals surface area contributed by atoms with Crippen LogP contribution in [-0.4, -0.2) is 49.2 Å². The topological polar surface area (TPSA) is 93.8 Å². The molecule has 0 saturated heterocycles. The second-order valence-corrected chi connectivity index (χ2v) is 9.65. The van der Waals surface area contributed by atoms with E-state index < -0.39 is 5.76 Å². The Bertz CT molecular complexity index is 1670. The Morgan fingerprint density at radius 1 is 0.850 bits per heavy atom. The Labute approximate surface area is 255 Å². The molecule has 0 saturated carbocycles. The molecule has 2 aromatic heterocycles. The number of hydrogen-bond acceptors (Lipinski definition) is 5. The number of aromatic amines is 1. The number of aryl methyl sites for hydroxylation is 2. The van der Waals surface area contributed by atoms with Gasteiger partial charge < -0.3 is 0 Å². The molecular formula is C32H32N4NaO3. The zero-order chi connectivity index (χ0) is 27.2. The smallest absolute Gasteiger partial charge is 0.296 e. The van der Waals surface area contributed by atoms with Crippen LogP contribution in [0.5, 0.6) is 0 Å². The molecule has 2 heterocycles. The molecule has 0 amide bonds. The summed E-state index contributed by atoms with van der Waals surface area (Å²) in [7, 11) is 0. The predicted molar refractivity (Wildman–Crippen MR) is 159 cm³/mol. The van der Waals surface area contributed by atoms with E-state index in [1.54, 1.807) is 0 Å². The van der Waals surface area contributed by atoms with Gasteiger partial charge in [-0.2, -0.15) is 0 Å². The van der Waals surface area contributed by atoms with Gasteiger partial charge in [0.25, 0.3) is 5.56 Å². The monoisotopic (exact) mass is 543 g/mol. The quantitative estimate of drug-likeness (QED) is 0.238. The summed E-state index contributed by atoms with van der Waals surface area (Å²) in [5, 5.41) is 3.85. The van der Waals surface area contributed by atoms with E-state index in [0.29, 0.717) is 25.2 Å². The van der Waals surface area contributed by atoms with Crippen molar-refractivity contribution < 1.29 is 4.52 Å². The van der Waals surface area contributed by atoms with Crippen LogP contribution < -0.4 is 11.3 Å². The minimum Gasteiger partial charge on any atom is -0.296 e. The predicted octanol–water partition coefficient (Wildman–Crippen LogP) is 5.42. The number of unbranched alkanes of at least 4 members (excludes halogenated alkanes) is 1. The van der Waals surface area contributed by atoms with E-state index >= 15 is 0 Å². The third-order valence-electron chi connectivity index (χ3n) is 6.96. The van der Waals surface area contributed by atoms with Crippen LogP contribution in [0.15, 0.2) is 93.0 Å². The molecule has 3 aromatic carbocycles. The van der Waals surface area contributed by atoms with E-state index in [0.717, 1.165) is 64.2 Å². The van der Waals surface area contributed by atoms with Gasteiger partial charge in [0.2, 0.25) is 0 Å². The zero-order valence-corrected chi connectivity index (χ0v) is 25.3. The molecular weight excluding hydrogens is 511 g/mol. The van der Waals surface area contributed by atoms with Crippen molar-refractivity contribution in [2.75, 3.05) is 0 Å². The Kier molecular flexibility index (Phi) is 10.1. The van der Waals surface area contributed by atoms with Crippen molar-refractivity contribution in [3.05, 3.63) is 128 Å². The number of nitrogens with one attached hydrogen (secondary N) is 1. The van der Waals surface area contributed by atoms with Crippen molar-refractivity contribution in [1.82, 2.24) is 19.7 Å². The molecule has 0 bridgehead atoms. The van der Waals surface area contributed by atoms with Gasteiger partial charge in [-0.3, -0.25) is 18.9 Å². The molecule has 1 radical (unpaired) electrons.